The second kappa shape index (κ2) is 6.61. The summed E-state index contributed by atoms with van der Waals surface area (Å²) in [6.45, 7) is 3.87. The second-order valence-electron chi connectivity index (χ2n) is 4.95. The summed E-state index contributed by atoms with van der Waals surface area (Å²) in [7, 11) is 1.62. The van der Waals surface area contributed by atoms with Gasteiger partial charge in [0.15, 0.2) is 0 Å². The van der Waals surface area contributed by atoms with Crippen LogP contribution in [0.15, 0.2) is 24.3 Å². The third-order valence-corrected chi connectivity index (χ3v) is 2.72. The van der Waals surface area contributed by atoms with Gasteiger partial charge in [0, 0.05) is 0 Å². The molecule has 0 amide bonds. The number of hydrogen-bond acceptors (Lipinski definition) is 4. The van der Waals surface area contributed by atoms with Gasteiger partial charge in [-0.1, -0.05) is 6.92 Å². The first-order chi connectivity index (χ1) is 8.46. The Labute approximate surface area is 108 Å². The van der Waals surface area contributed by atoms with Gasteiger partial charge in [0.2, 0.25) is 0 Å². The van der Waals surface area contributed by atoms with E-state index in [4.69, 9.17) is 14.6 Å². The van der Waals surface area contributed by atoms with Crippen molar-refractivity contribution in [2.24, 2.45) is 5.92 Å². The van der Waals surface area contributed by atoms with Crippen LogP contribution < -0.4 is 9.47 Å². The van der Waals surface area contributed by atoms with Crippen molar-refractivity contribution in [1.29, 1.82) is 0 Å². The molecule has 4 heteroatoms. The molecule has 0 unspecified atom stereocenters. The fourth-order valence-electron chi connectivity index (χ4n) is 1.78. The summed E-state index contributed by atoms with van der Waals surface area (Å²) in [5.41, 5.74) is -1.04. The molecule has 2 atom stereocenters. The van der Waals surface area contributed by atoms with Crippen LogP contribution in [0.2, 0.25) is 0 Å². The molecule has 1 aromatic rings. The fourth-order valence-corrected chi connectivity index (χ4v) is 1.78. The Balaban J connectivity index is 2.39. The van der Waals surface area contributed by atoms with Gasteiger partial charge in [-0.2, -0.15) is 0 Å². The molecule has 0 saturated carbocycles. The fraction of sp³-hybridized carbons (Fsp3) is 0.571. The van der Waals surface area contributed by atoms with Gasteiger partial charge < -0.3 is 19.7 Å². The van der Waals surface area contributed by atoms with Gasteiger partial charge in [-0.05, 0) is 43.5 Å². The van der Waals surface area contributed by atoms with Crippen molar-refractivity contribution in [2.75, 3.05) is 20.3 Å². The summed E-state index contributed by atoms with van der Waals surface area (Å²) in [6, 6.07) is 7.36. The molecular weight excluding hydrogens is 232 g/mol. The number of hydrogen-bond donors (Lipinski definition) is 2. The molecule has 0 aliphatic heterocycles. The molecule has 4 nitrogen and oxygen atoms in total. The lowest BCUT2D eigenvalue weighted by Crippen LogP contribution is -2.32. The Hall–Kier alpha value is -1.26. The van der Waals surface area contributed by atoms with E-state index in [0.29, 0.717) is 13.0 Å². The average molecular weight is 254 g/mol. The van der Waals surface area contributed by atoms with Crippen LogP contribution in [0.3, 0.4) is 0 Å². The van der Waals surface area contributed by atoms with Crippen LogP contribution in [-0.4, -0.2) is 36.1 Å². The number of methoxy groups -OCH3 is 1. The van der Waals surface area contributed by atoms with Crippen molar-refractivity contribution in [3.05, 3.63) is 24.3 Å². The van der Waals surface area contributed by atoms with Crippen LogP contribution in [0.1, 0.15) is 20.3 Å². The van der Waals surface area contributed by atoms with Crippen LogP contribution in [-0.2, 0) is 0 Å². The van der Waals surface area contributed by atoms with Gasteiger partial charge >= 0.3 is 0 Å². The van der Waals surface area contributed by atoms with Crippen molar-refractivity contribution < 1.29 is 19.7 Å². The zero-order valence-corrected chi connectivity index (χ0v) is 11.2. The highest BCUT2D eigenvalue weighted by molar-refractivity contribution is 5.31. The number of benzene rings is 1. The molecule has 0 aliphatic carbocycles. The number of aliphatic hydroxyl groups is 2. The van der Waals surface area contributed by atoms with Crippen LogP contribution in [0.25, 0.3) is 0 Å². The molecule has 0 bridgehead atoms. The van der Waals surface area contributed by atoms with Crippen molar-refractivity contribution in [3.63, 3.8) is 0 Å². The van der Waals surface area contributed by atoms with E-state index in [2.05, 4.69) is 0 Å². The molecule has 0 heterocycles. The molecule has 0 saturated heterocycles. The predicted molar refractivity (Wildman–Crippen MR) is 70.0 cm³/mol. The van der Waals surface area contributed by atoms with Crippen molar-refractivity contribution >= 4 is 0 Å². The van der Waals surface area contributed by atoms with Gasteiger partial charge in [-0.15, -0.1) is 0 Å². The minimum Gasteiger partial charge on any atom is -0.497 e. The minimum atomic E-state index is -1.04. The average Bonchev–Trinajstić information content (AvgIpc) is 2.36. The Morgan fingerprint density at radius 1 is 1.22 bits per heavy atom. The molecule has 0 fully saturated rings. The summed E-state index contributed by atoms with van der Waals surface area (Å²) in [5, 5.41) is 18.7. The summed E-state index contributed by atoms with van der Waals surface area (Å²) in [4.78, 5) is 0. The van der Waals surface area contributed by atoms with Crippen LogP contribution in [0.5, 0.6) is 11.5 Å². The third kappa shape index (κ3) is 4.94. The molecule has 1 aromatic carbocycles. The van der Waals surface area contributed by atoms with Crippen LogP contribution in [0.4, 0.5) is 0 Å². The van der Waals surface area contributed by atoms with E-state index < -0.39 is 5.60 Å². The highest BCUT2D eigenvalue weighted by Gasteiger charge is 2.22. The lowest BCUT2D eigenvalue weighted by Gasteiger charge is -2.24. The van der Waals surface area contributed by atoms with Gasteiger partial charge in [0.05, 0.1) is 25.9 Å². The SMILES string of the molecule is COc1ccc(OC[C@H](C)C[C@@](C)(O)CO)cc1. The summed E-state index contributed by atoms with van der Waals surface area (Å²) in [5.74, 6) is 1.72. The number of ether oxygens (including phenoxy) is 2. The van der Waals surface area contributed by atoms with Crippen LogP contribution >= 0.6 is 0 Å². The zero-order chi connectivity index (χ0) is 13.6. The number of rotatable bonds is 7. The lowest BCUT2D eigenvalue weighted by molar-refractivity contribution is -0.0201. The molecule has 102 valence electrons. The standard InChI is InChI=1S/C14H22O4/c1-11(8-14(2,16)10-15)9-18-13-6-4-12(17-3)5-7-13/h4-7,11,15-16H,8-10H2,1-3H3/t11-,14-/m1/s1. The topological polar surface area (TPSA) is 58.9 Å². The third-order valence-electron chi connectivity index (χ3n) is 2.72. The van der Waals surface area contributed by atoms with E-state index in [0.717, 1.165) is 11.5 Å². The Bertz CT molecular complexity index is 345. The maximum atomic E-state index is 9.74. The van der Waals surface area contributed by atoms with E-state index >= 15 is 0 Å². The Morgan fingerprint density at radius 3 is 2.28 bits per heavy atom. The highest BCUT2D eigenvalue weighted by atomic mass is 16.5. The van der Waals surface area contributed by atoms with E-state index in [-0.39, 0.29) is 12.5 Å². The largest absolute Gasteiger partial charge is 0.497 e. The smallest absolute Gasteiger partial charge is 0.119 e. The monoisotopic (exact) mass is 254 g/mol. The summed E-state index contributed by atoms with van der Waals surface area (Å²) >= 11 is 0. The molecule has 1 rings (SSSR count). The first-order valence-electron chi connectivity index (χ1n) is 6.07. The summed E-state index contributed by atoms with van der Waals surface area (Å²) in [6.07, 6.45) is 0.500. The Morgan fingerprint density at radius 2 is 1.78 bits per heavy atom. The molecule has 0 radical (unpaired) electrons. The first-order valence-corrected chi connectivity index (χ1v) is 6.07. The molecule has 0 aliphatic rings. The quantitative estimate of drug-likeness (QED) is 0.779. The first kappa shape index (κ1) is 14.8. The van der Waals surface area contributed by atoms with Crippen molar-refractivity contribution in [3.8, 4) is 11.5 Å². The normalized spacial score (nSPS) is 15.8. The van der Waals surface area contributed by atoms with Gasteiger partial charge in [-0.3, -0.25) is 0 Å². The molecule has 0 aromatic heterocycles. The van der Waals surface area contributed by atoms with Gasteiger partial charge in [0.25, 0.3) is 0 Å². The maximum Gasteiger partial charge on any atom is 0.119 e. The minimum absolute atomic E-state index is 0.161. The van der Waals surface area contributed by atoms with Gasteiger partial charge in [0.1, 0.15) is 11.5 Å². The van der Waals surface area contributed by atoms with E-state index in [1.165, 1.54) is 0 Å². The molecule has 18 heavy (non-hydrogen) atoms. The lowest BCUT2D eigenvalue weighted by atomic mass is 9.94. The van der Waals surface area contributed by atoms with Gasteiger partial charge in [-0.25, -0.2) is 0 Å². The predicted octanol–water partition coefficient (Wildman–Crippen LogP) is 1.84. The van der Waals surface area contributed by atoms with E-state index in [9.17, 15) is 5.11 Å². The summed E-state index contributed by atoms with van der Waals surface area (Å²) < 4.78 is 10.7. The van der Waals surface area contributed by atoms with Crippen molar-refractivity contribution in [2.45, 2.75) is 25.9 Å². The van der Waals surface area contributed by atoms with Crippen LogP contribution in [0, 0.1) is 5.92 Å². The van der Waals surface area contributed by atoms with Crippen molar-refractivity contribution in [1.82, 2.24) is 0 Å². The highest BCUT2D eigenvalue weighted by Crippen LogP contribution is 2.20. The molecule has 0 spiro atoms. The maximum absolute atomic E-state index is 9.74. The zero-order valence-electron chi connectivity index (χ0n) is 11.2. The Kier molecular flexibility index (Phi) is 5.44. The number of aliphatic hydroxyl groups excluding tert-OH is 1. The van der Waals surface area contributed by atoms with E-state index in [1.807, 2.05) is 31.2 Å². The second-order valence-corrected chi connectivity index (χ2v) is 4.95. The molecular formula is C14H22O4. The molecule has 2 N–H and O–H groups in total. The van der Waals surface area contributed by atoms with E-state index in [1.54, 1.807) is 14.0 Å².